The molecule has 2 amide bonds. The predicted octanol–water partition coefficient (Wildman–Crippen LogP) is 4.39. The molecule has 0 bridgehead atoms. The number of carbonyl (C=O) groups excluding carboxylic acids is 2. The number of imidazole rings is 1. The number of nitrogen functional groups attached to an aromatic ring is 1. The summed E-state index contributed by atoms with van der Waals surface area (Å²) >= 11 is 0. The van der Waals surface area contributed by atoms with Crippen LogP contribution in [0.3, 0.4) is 0 Å². The number of nitrogens with one attached hydrogen (secondary N) is 2. The van der Waals surface area contributed by atoms with Crippen LogP contribution >= 0.6 is 0 Å². The number of carbonyl (C=O) groups is 2. The number of aryl methyl sites for hydroxylation is 1. The maximum Gasteiger partial charge on any atom is 0.259 e. The third-order valence-electron chi connectivity index (χ3n) is 6.08. The van der Waals surface area contributed by atoms with Crippen LogP contribution in [0.2, 0.25) is 0 Å². The number of benzene rings is 3. The van der Waals surface area contributed by atoms with Gasteiger partial charge in [-0.2, -0.15) is 0 Å². The van der Waals surface area contributed by atoms with Gasteiger partial charge in [0.2, 0.25) is 0 Å². The number of amides is 2. The fourth-order valence-corrected chi connectivity index (χ4v) is 4.41. The topological polar surface area (TPSA) is 113 Å². The fraction of sp³-hybridized carbons (Fsp3) is 0.192. The summed E-state index contributed by atoms with van der Waals surface area (Å²) in [5.41, 5.74) is 10.5. The van der Waals surface area contributed by atoms with E-state index in [1.807, 2.05) is 29.2 Å². The minimum atomic E-state index is -0.370. The third kappa shape index (κ3) is 3.94. The number of aromatic amines is 1. The maximum atomic E-state index is 13.5. The average Bonchev–Trinajstić information content (AvgIpc) is 3.11. The molecule has 0 radical (unpaired) electrons. The molecule has 0 saturated carbocycles. The van der Waals surface area contributed by atoms with Crippen LogP contribution in [0.15, 0.2) is 60.7 Å². The van der Waals surface area contributed by atoms with Crippen molar-refractivity contribution in [2.45, 2.75) is 19.3 Å². The van der Waals surface area contributed by atoms with Gasteiger partial charge in [-0.1, -0.05) is 24.3 Å². The van der Waals surface area contributed by atoms with E-state index in [0.29, 0.717) is 34.6 Å². The van der Waals surface area contributed by atoms with Crippen LogP contribution in [0.5, 0.6) is 5.75 Å². The second kappa shape index (κ2) is 8.90. The fourth-order valence-electron chi connectivity index (χ4n) is 4.41. The summed E-state index contributed by atoms with van der Waals surface area (Å²) in [5, 5.41) is 2.87. The number of nitrogens with zero attached hydrogens (tertiary/aromatic N) is 2. The zero-order chi connectivity index (χ0) is 23.7. The van der Waals surface area contributed by atoms with Gasteiger partial charge in [0, 0.05) is 17.8 Å². The van der Waals surface area contributed by atoms with Crippen molar-refractivity contribution in [1.29, 1.82) is 0 Å². The van der Waals surface area contributed by atoms with E-state index in [1.165, 1.54) is 12.7 Å². The Kier molecular flexibility index (Phi) is 5.63. The van der Waals surface area contributed by atoms with Crippen molar-refractivity contribution in [3.8, 4) is 5.75 Å². The molecule has 4 aromatic rings. The highest BCUT2D eigenvalue weighted by atomic mass is 16.5. The van der Waals surface area contributed by atoms with Gasteiger partial charge in [0.05, 0.1) is 23.9 Å². The van der Waals surface area contributed by atoms with Crippen LogP contribution in [0, 0.1) is 0 Å². The second-order valence-corrected chi connectivity index (χ2v) is 8.24. The Labute approximate surface area is 196 Å². The minimum Gasteiger partial charge on any atom is -0.496 e. The number of anilines is 3. The van der Waals surface area contributed by atoms with E-state index >= 15 is 0 Å². The van der Waals surface area contributed by atoms with Gasteiger partial charge in [-0.05, 0) is 61.2 Å². The highest BCUT2D eigenvalue weighted by Crippen LogP contribution is 2.30. The summed E-state index contributed by atoms with van der Waals surface area (Å²) < 4.78 is 5.49. The van der Waals surface area contributed by atoms with Gasteiger partial charge in [0.1, 0.15) is 11.3 Å². The summed E-state index contributed by atoms with van der Waals surface area (Å²) in [6.07, 6.45) is 2.93. The number of rotatable bonds is 4. The van der Waals surface area contributed by atoms with E-state index in [4.69, 9.17) is 10.5 Å². The van der Waals surface area contributed by atoms with Crippen molar-refractivity contribution in [1.82, 2.24) is 9.97 Å². The molecule has 0 saturated heterocycles. The first-order valence-electron chi connectivity index (χ1n) is 11.2. The monoisotopic (exact) mass is 455 g/mol. The molecule has 1 aliphatic rings. The predicted molar refractivity (Wildman–Crippen MR) is 133 cm³/mol. The Morgan fingerprint density at radius 2 is 1.94 bits per heavy atom. The Balaban J connectivity index is 1.43. The van der Waals surface area contributed by atoms with Gasteiger partial charge in [-0.15, -0.1) is 0 Å². The summed E-state index contributed by atoms with van der Waals surface area (Å²) in [6, 6.07) is 18.3. The van der Waals surface area contributed by atoms with Gasteiger partial charge in [0.15, 0.2) is 5.95 Å². The maximum absolute atomic E-state index is 13.5. The first-order valence-corrected chi connectivity index (χ1v) is 11.2. The molecular formula is C26H25N5O3. The summed E-state index contributed by atoms with van der Waals surface area (Å²) in [7, 11) is 1.48. The number of ether oxygens (including phenoxy) is 1. The number of hydrogen-bond acceptors (Lipinski definition) is 5. The molecule has 34 heavy (non-hydrogen) atoms. The van der Waals surface area contributed by atoms with Crippen LogP contribution in [0.4, 0.5) is 17.3 Å². The van der Waals surface area contributed by atoms with Crippen molar-refractivity contribution in [3.05, 3.63) is 77.4 Å². The van der Waals surface area contributed by atoms with Crippen molar-refractivity contribution in [2.24, 2.45) is 0 Å². The van der Waals surface area contributed by atoms with E-state index in [9.17, 15) is 9.59 Å². The molecule has 3 aromatic carbocycles. The Bertz CT molecular complexity index is 1390. The van der Waals surface area contributed by atoms with E-state index in [-0.39, 0.29) is 17.8 Å². The Morgan fingerprint density at radius 3 is 2.79 bits per heavy atom. The van der Waals surface area contributed by atoms with Crippen molar-refractivity contribution >= 4 is 40.2 Å². The molecule has 0 fully saturated rings. The number of fused-ring (bicyclic) bond motifs is 2. The molecule has 0 unspecified atom stereocenters. The largest absolute Gasteiger partial charge is 0.496 e. The molecule has 1 aromatic heterocycles. The Hall–Kier alpha value is -4.33. The van der Waals surface area contributed by atoms with E-state index in [1.54, 1.807) is 30.3 Å². The summed E-state index contributed by atoms with van der Waals surface area (Å²) in [6.45, 7) is 0.650. The van der Waals surface area contributed by atoms with Gasteiger partial charge >= 0.3 is 0 Å². The number of para-hydroxylation sites is 2. The molecule has 8 nitrogen and oxygen atoms in total. The lowest BCUT2D eigenvalue weighted by Gasteiger charge is -2.23. The van der Waals surface area contributed by atoms with Crippen molar-refractivity contribution in [2.75, 3.05) is 29.6 Å². The molecule has 172 valence electrons. The van der Waals surface area contributed by atoms with Crippen LogP contribution in [0.1, 0.15) is 39.1 Å². The molecule has 5 rings (SSSR count). The van der Waals surface area contributed by atoms with Crippen LogP contribution in [-0.4, -0.2) is 35.4 Å². The number of aromatic nitrogens is 2. The summed E-state index contributed by atoms with van der Waals surface area (Å²) in [5.74, 6) is 0.105. The second-order valence-electron chi connectivity index (χ2n) is 8.24. The van der Waals surface area contributed by atoms with Crippen molar-refractivity contribution in [3.63, 3.8) is 0 Å². The van der Waals surface area contributed by atoms with Crippen molar-refractivity contribution < 1.29 is 14.3 Å². The van der Waals surface area contributed by atoms with Gasteiger partial charge in [-0.3, -0.25) is 9.59 Å². The normalized spacial score (nSPS) is 13.3. The van der Waals surface area contributed by atoms with Gasteiger partial charge in [-0.25, -0.2) is 4.98 Å². The molecule has 4 N–H and O–H groups in total. The van der Waals surface area contributed by atoms with Crippen LogP contribution in [0.25, 0.3) is 11.0 Å². The van der Waals surface area contributed by atoms with Gasteiger partial charge < -0.3 is 25.7 Å². The average molecular weight is 456 g/mol. The first-order chi connectivity index (χ1) is 16.5. The standard InChI is InChI=1S/C26H25N5O3/c1-34-22-15-17(25(33)31-14-5-4-8-16-7-2-3-11-21(16)31)12-13-18(22)24(32)28-19-9-6-10-20-23(19)30-26(27)29-20/h2-3,6-7,9-13,15H,4-5,8,14H2,1H3,(H,28,32)(H3,27,29,30). The number of methoxy groups -OCH3 is 1. The SMILES string of the molecule is COc1cc(C(=O)N2CCCCc3ccccc32)ccc1C(=O)Nc1cccc2[nH]c(N)nc12. The zero-order valence-electron chi connectivity index (χ0n) is 18.8. The number of nitrogens with two attached hydrogens (primary N) is 1. The Morgan fingerprint density at radius 1 is 1.09 bits per heavy atom. The lowest BCUT2D eigenvalue weighted by atomic mass is 10.1. The van der Waals surface area contributed by atoms with E-state index in [2.05, 4.69) is 21.4 Å². The highest BCUT2D eigenvalue weighted by molar-refractivity contribution is 6.11. The number of H-pyrrole nitrogens is 1. The highest BCUT2D eigenvalue weighted by Gasteiger charge is 2.24. The first kappa shape index (κ1) is 21.5. The molecule has 0 atom stereocenters. The van der Waals surface area contributed by atoms with Crippen LogP contribution < -0.4 is 20.7 Å². The van der Waals surface area contributed by atoms with Crippen LogP contribution in [-0.2, 0) is 6.42 Å². The summed E-state index contributed by atoms with van der Waals surface area (Å²) in [4.78, 5) is 35.5. The smallest absolute Gasteiger partial charge is 0.259 e. The lowest BCUT2D eigenvalue weighted by molar-refractivity contribution is 0.0982. The van der Waals surface area contributed by atoms with E-state index < -0.39 is 0 Å². The van der Waals surface area contributed by atoms with Gasteiger partial charge in [0.25, 0.3) is 11.8 Å². The minimum absolute atomic E-state index is 0.114. The quantitative estimate of drug-likeness (QED) is 0.422. The molecule has 1 aliphatic heterocycles. The molecule has 2 heterocycles. The van der Waals surface area contributed by atoms with E-state index in [0.717, 1.165) is 30.5 Å². The lowest BCUT2D eigenvalue weighted by Crippen LogP contribution is -2.31. The third-order valence-corrected chi connectivity index (χ3v) is 6.08. The molecule has 0 spiro atoms. The molecular weight excluding hydrogens is 430 g/mol. The molecule has 8 heteroatoms. The zero-order valence-corrected chi connectivity index (χ0v) is 18.8. The molecule has 0 aliphatic carbocycles. The number of hydrogen-bond donors (Lipinski definition) is 3.